The largest absolute Gasteiger partial charge is 0.480 e. The summed E-state index contributed by atoms with van der Waals surface area (Å²) in [5.74, 6) is -0.147. The third-order valence-electron chi connectivity index (χ3n) is 4.61. The van der Waals surface area contributed by atoms with Gasteiger partial charge in [-0.3, -0.25) is 9.69 Å². The standard InChI is InChI=1S/C13H23NO4S/c1-2-19(17,18)8-7-14-11-6-4-3-5-10(11)9-12(14)13(15)16/h10-12H,2-9H2,1H3,(H,15,16)/t10-,11+,12+/m1/s1. The fourth-order valence-corrected chi connectivity index (χ4v) is 4.28. The van der Waals surface area contributed by atoms with E-state index in [1.54, 1.807) is 6.92 Å². The van der Waals surface area contributed by atoms with Crippen LogP contribution in [0.3, 0.4) is 0 Å². The number of hydrogen-bond donors (Lipinski definition) is 1. The summed E-state index contributed by atoms with van der Waals surface area (Å²) in [5, 5.41) is 9.33. The van der Waals surface area contributed by atoms with E-state index >= 15 is 0 Å². The van der Waals surface area contributed by atoms with Crippen molar-refractivity contribution in [3.05, 3.63) is 0 Å². The molecule has 3 atom stereocenters. The van der Waals surface area contributed by atoms with Gasteiger partial charge in [0.1, 0.15) is 6.04 Å². The number of fused-ring (bicyclic) bond motifs is 1. The Kier molecular flexibility index (Phi) is 4.50. The van der Waals surface area contributed by atoms with E-state index in [0.29, 0.717) is 18.9 Å². The second kappa shape index (κ2) is 5.79. The van der Waals surface area contributed by atoms with Crippen LogP contribution >= 0.6 is 0 Å². The van der Waals surface area contributed by atoms with Crippen molar-refractivity contribution >= 4 is 15.8 Å². The number of carboxylic acid groups (broad SMARTS) is 1. The Hall–Kier alpha value is -0.620. The molecule has 1 saturated heterocycles. The van der Waals surface area contributed by atoms with Gasteiger partial charge in [0, 0.05) is 18.3 Å². The molecule has 2 aliphatic rings. The number of rotatable bonds is 5. The second-order valence-corrected chi connectivity index (χ2v) is 8.15. The van der Waals surface area contributed by atoms with Gasteiger partial charge in [0.15, 0.2) is 9.84 Å². The van der Waals surface area contributed by atoms with Crippen LogP contribution in [0.1, 0.15) is 39.0 Å². The molecule has 0 amide bonds. The third-order valence-corrected chi connectivity index (χ3v) is 6.29. The summed E-state index contributed by atoms with van der Waals surface area (Å²) >= 11 is 0. The molecule has 1 aliphatic heterocycles. The maximum atomic E-state index is 11.6. The fourth-order valence-electron chi connectivity index (χ4n) is 3.51. The van der Waals surface area contributed by atoms with Crippen LogP contribution < -0.4 is 0 Å². The third kappa shape index (κ3) is 3.28. The molecule has 1 heterocycles. The first-order valence-corrected chi connectivity index (χ1v) is 8.95. The number of nitrogens with zero attached hydrogens (tertiary/aromatic N) is 1. The molecule has 2 fully saturated rings. The minimum Gasteiger partial charge on any atom is -0.480 e. The molecular weight excluding hydrogens is 266 g/mol. The Labute approximate surface area is 114 Å². The highest BCUT2D eigenvalue weighted by Gasteiger charge is 2.45. The first kappa shape index (κ1) is 14.8. The lowest BCUT2D eigenvalue weighted by atomic mass is 9.85. The van der Waals surface area contributed by atoms with Gasteiger partial charge < -0.3 is 5.11 Å². The molecule has 0 unspecified atom stereocenters. The van der Waals surface area contributed by atoms with Crippen molar-refractivity contribution in [2.24, 2.45) is 5.92 Å². The van der Waals surface area contributed by atoms with Crippen LogP contribution in [-0.2, 0) is 14.6 Å². The highest BCUT2D eigenvalue weighted by Crippen LogP contribution is 2.39. The Morgan fingerprint density at radius 3 is 2.63 bits per heavy atom. The summed E-state index contributed by atoms with van der Waals surface area (Å²) in [6, 6.07) is -0.206. The van der Waals surface area contributed by atoms with E-state index in [1.165, 1.54) is 6.42 Å². The van der Waals surface area contributed by atoms with Crippen LogP contribution in [0.2, 0.25) is 0 Å². The maximum Gasteiger partial charge on any atom is 0.320 e. The molecular formula is C13H23NO4S. The molecule has 110 valence electrons. The van der Waals surface area contributed by atoms with Gasteiger partial charge in [0.2, 0.25) is 0 Å². The molecule has 0 aromatic rings. The number of carbonyl (C=O) groups is 1. The van der Waals surface area contributed by atoms with E-state index in [-0.39, 0.29) is 17.5 Å². The Morgan fingerprint density at radius 2 is 2.00 bits per heavy atom. The molecule has 2 rings (SSSR count). The number of hydrogen-bond acceptors (Lipinski definition) is 4. The lowest BCUT2D eigenvalue weighted by Crippen LogP contribution is -2.44. The molecule has 0 aromatic heterocycles. The summed E-state index contributed by atoms with van der Waals surface area (Å²) < 4.78 is 23.2. The van der Waals surface area contributed by atoms with Crippen LogP contribution in [0, 0.1) is 5.92 Å². The number of aliphatic carboxylic acids is 1. The smallest absolute Gasteiger partial charge is 0.320 e. The van der Waals surface area contributed by atoms with Crippen molar-refractivity contribution in [2.45, 2.75) is 51.1 Å². The van der Waals surface area contributed by atoms with Crippen molar-refractivity contribution in [3.8, 4) is 0 Å². The van der Waals surface area contributed by atoms with Crippen LogP contribution in [0.25, 0.3) is 0 Å². The van der Waals surface area contributed by atoms with Gasteiger partial charge in [-0.15, -0.1) is 0 Å². The maximum absolute atomic E-state index is 11.6. The number of carboxylic acids is 1. The normalized spacial score (nSPS) is 32.2. The van der Waals surface area contributed by atoms with Gasteiger partial charge >= 0.3 is 5.97 Å². The quantitative estimate of drug-likeness (QED) is 0.821. The molecule has 1 N–H and O–H groups in total. The molecule has 0 radical (unpaired) electrons. The Balaban J connectivity index is 2.07. The minimum atomic E-state index is -3.03. The van der Waals surface area contributed by atoms with Gasteiger partial charge in [-0.1, -0.05) is 19.8 Å². The predicted molar refractivity (Wildman–Crippen MR) is 72.8 cm³/mol. The predicted octanol–water partition coefficient (Wildman–Crippen LogP) is 1.14. The summed E-state index contributed by atoms with van der Waals surface area (Å²) in [4.78, 5) is 13.3. The molecule has 0 aromatic carbocycles. The molecule has 1 saturated carbocycles. The first-order chi connectivity index (χ1) is 8.94. The van der Waals surface area contributed by atoms with Gasteiger partial charge in [0.25, 0.3) is 0 Å². The van der Waals surface area contributed by atoms with Gasteiger partial charge in [-0.2, -0.15) is 0 Å². The van der Waals surface area contributed by atoms with E-state index in [4.69, 9.17) is 0 Å². The van der Waals surface area contributed by atoms with Crippen LogP contribution in [-0.4, -0.2) is 54.5 Å². The zero-order valence-electron chi connectivity index (χ0n) is 11.4. The minimum absolute atomic E-state index is 0.0799. The molecule has 5 nitrogen and oxygen atoms in total. The van der Waals surface area contributed by atoms with E-state index in [0.717, 1.165) is 19.3 Å². The van der Waals surface area contributed by atoms with Crippen molar-refractivity contribution < 1.29 is 18.3 Å². The molecule has 19 heavy (non-hydrogen) atoms. The van der Waals surface area contributed by atoms with Crippen molar-refractivity contribution in [1.82, 2.24) is 4.90 Å². The lowest BCUT2D eigenvalue weighted by molar-refractivity contribution is -0.142. The highest BCUT2D eigenvalue weighted by molar-refractivity contribution is 7.91. The average molecular weight is 289 g/mol. The zero-order chi connectivity index (χ0) is 14.0. The van der Waals surface area contributed by atoms with Crippen LogP contribution in [0.5, 0.6) is 0 Å². The van der Waals surface area contributed by atoms with Crippen molar-refractivity contribution in [3.63, 3.8) is 0 Å². The summed E-state index contributed by atoms with van der Waals surface area (Å²) in [6.07, 6.45) is 5.09. The Bertz CT molecular complexity index is 434. The van der Waals surface area contributed by atoms with E-state index in [9.17, 15) is 18.3 Å². The summed E-state index contributed by atoms with van der Waals surface area (Å²) in [7, 11) is -3.03. The molecule has 1 aliphatic carbocycles. The van der Waals surface area contributed by atoms with Gasteiger partial charge in [0.05, 0.1) is 5.75 Å². The summed E-state index contributed by atoms with van der Waals surface area (Å²) in [6.45, 7) is 2.01. The van der Waals surface area contributed by atoms with E-state index in [1.807, 2.05) is 4.90 Å². The monoisotopic (exact) mass is 289 g/mol. The molecule has 0 spiro atoms. The van der Waals surface area contributed by atoms with E-state index in [2.05, 4.69) is 0 Å². The second-order valence-electron chi connectivity index (χ2n) is 5.68. The molecule has 0 bridgehead atoms. The topological polar surface area (TPSA) is 74.7 Å². The summed E-state index contributed by atoms with van der Waals surface area (Å²) in [5.41, 5.74) is 0. The number of likely N-dealkylation sites (tertiary alicyclic amines) is 1. The van der Waals surface area contributed by atoms with Crippen molar-refractivity contribution in [1.29, 1.82) is 0 Å². The first-order valence-electron chi connectivity index (χ1n) is 7.13. The van der Waals surface area contributed by atoms with Crippen molar-refractivity contribution in [2.75, 3.05) is 18.1 Å². The van der Waals surface area contributed by atoms with Crippen LogP contribution in [0.4, 0.5) is 0 Å². The lowest BCUT2D eigenvalue weighted by Gasteiger charge is -2.32. The fraction of sp³-hybridized carbons (Fsp3) is 0.923. The zero-order valence-corrected chi connectivity index (χ0v) is 12.2. The average Bonchev–Trinajstić information content (AvgIpc) is 2.75. The number of sulfone groups is 1. The molecule has 6 heteroatoms. The SMILES string of the molecule is CCS(=O)(=O)CCN1[C@H](C(=O)O)C[C@H]2CCCC[C@@H]21. The van der Waals surface area contributed by atoms with Crippen LogP contribution in [0.15, 0.2) is 0 Å². The highest BCUT2D eigenvalue weighted by atomic mass is 32.2. The Morgan fingerprint density at radius 1 is 1.32 bits per heavy atom. The van der Waals surface area contributed by atoms with E-state index < -0.39 is 21.8 Å². The van der Waals surface area contributed by atoms with Gasteiger partial charge in [-0.25, -0.2) is 8.42 Å². The van der Waals surface area contributed by atoms with Gasteiger partial charge in [-0.05, 0) is 25.2 Å².